The topological polar surface area (TPSA) is 69.2 Å². The van der Waals surface area contributed by atoms with Crippen LogP contribution in [0.1, 0.15) is 21.5 Å². The number of hydrogen-bond donors (Lipinski definition) is 1. The Morgan fingerprint density at radius 1 is 1.00 bits per heavy atom. The molecule has 3 aromatic rings. The van der Waals surface area contributed by atoms with Gasteiger partial charge in [0.1, 0.15) is 29.7 Å². The second-order valence-corrected chi connectivity index (χ2v) is 6.22. The number of hydrogen-bond acceptors (Lipinski definition) is 5. The van der Waals surface area contributed by atoms with Crippen molar-refractivity contribution in [2.45, 2.75) is 6.61 Å². The fraction of sp³-hybridized carbons (Fsp3) is 0.130. The largest absolute Gasteiger partial charge is 0.497 e. The van der Waals surface area contributed by atoms with Gasteiger partial charge in [-0.05, 0) is 30.3 Å². The van der Waals surface area contributed by atoms with Gasteiger partial charge in [0.2, 0.25) is 0 Å². The molecule has 6 nitrogen and oxygen atoms in total. The highest BCUT2D eigenvalue weighted by atomic mass is 19.1. The monoisotopic (exact) mass is 408 g/mol. The number of nitrogens with one attached hydrogen (secondary N) is 1. The molecule has 0 aromatic heterocycles. The van der Waals surface area contributed by atoms with E-state index in [0.717, 1.165) is 0 Å². The van der Waals surface area contributed by atoms with Crippen molar-refractivity contribution < 1.29 is 23.4 Å². The lowest BCUT2D eigenvalue weighted by Crippen LogP contribution is -2.17. The van der Waals surface area contributed by atoms with Crippen molar-refractivity contribution in [3.8, 4) is 17.2 Å². The summed E-state index contributed by atoms with van der Waals surface area (Å²) in [5.41, 5.74) is 3.89. The van der Waals surface area contributed by atoms with Crippen LogP contribution in [0, 0.1) is 5.82 Å². The summed E-state index contributed by atoms with van der Waals surface area (Å²) in [5.74, 6) is 0.755. The van der Waals surface area contributed by atoms with Crippen molar-refractivity contribution in [3.05, 3.63) is 89.2 Å². The van der Waals surface area contributed by atoms with Crippen LogP contribution in [0.3, 0.4) is 0 Å². The van der Waals surface area contributed by atoms with Crippen LogP contribution in [0.5, 0.6) is 17.2 Å². The molecule has 1 N–H and O–H groups in total. The summed E-state index contributed by atoms with van der Waals surface area (Å²) >= 11 is 0. The fourth-order valence-electron chi connectivity index (χ4n) is 2.65. The van der Waals surface area contributed by atoms with Gasteiger partial charge in [0, 0.05) is 22.8 Å². The molecule has 0 aliphatic carbocycles. The van der Waals surface area contributed by atoms with E-state index in [4.69, 9.17) is 14.2 Å². The maximum atomic E-state index is 13.8. The molecule has 30 heavy (non-hydrogen) atoms. The van der Waals surface area contributed by atoms with Crippen LogP contribution in [-0.2, 0) is 6.61 Å². The molecular weight excluding hydrogens is 387 g/mol. The first-order valence-electron chi connectivity index (χ1n) is 9.12. The van der Waals surface area contributed by atoms with Crippen molar-refractivity contribution >= 4 is 12.1 Å². The van der Waals surface area contributed by atoms with E-state index in [2.05, 4.69) is 10.5 Å². The van der Waals surface area contributed by atoms with Crippen LogP contribution in [0.2, 0.25) is 0 Å². The van der Waals surface area contributed by atoms with Gasteiger partial charge in [-0.1, -0.05) is 30.3 Å². The quantitative estimate of drug-likeness (QED) is 0.448. The van der Waals surface area contributed by atoms with Crippen molar-refractivity contribution in [1.29, 1.82) is 0 Å². The summed E-state index contributed by atoms with van der Waals surface area (Å²) in [6.45, 7) is 0.0769. The molecule has 0 heterocycles. The molecule has 0 atom stereocenters. The summed E-state index contributed by atoms with van der Waals surface area (Å²) in [7, 11) is 3.01. The molecule has 0 spiro atoms. The highest BCUT2D eigenvalue weighted by Gasteiger charge is 2.09. The molecule has 7 heteroatoms. The highest BCUT2D eigenvalue weighted by Crippen LogP contribution is 2.22. The normalized spacial score (nSPS) is 10.6. The van der Waals surface area contributed by atoms with E-state index in [9.17, 15) is 9.18 Å². The van der Waals surface area contributed by atoms with E-state index in [1.54, 1.807) is 54.6 Å². The van der Waals surface area contributed by atoms with Gasteiger partial charge in [-0.2, -0.15) is 5.10 Å². The standard InChI is InChI=1S/C23H21FN2O4/c1-28-19-11-18(12-20(13-19)29-2)23(27)26-25-14-16-7-4-6-10-22(16)30-15-17-8-3-5-9-21(17)24/h3-14H,15H2,1-2H3,(H,26,27). The number of carbonyl (C=O) groups is 1. The second-order valence-electron chi connectivity index (χ2n) is 6.22. The first-order chi connectivity index (χ1) is 14.6. The predicted molar refractivity (Wildman–Crippen MR) is 112 cm³/mol. The summed E-state index contributed by atoms with van der Waals surface area (Å²) in [5, 5.41) is 4.00. The third-order valence-corrected chi connectivity index (χ3v) is 4.24. The molecule has 154 valence electrons. The number of amides is 1. The SMILES string of the molecule is COc1cc(OC)cc(C(=O)NN=Cc2ccccc2OCc2ccccc2F)c1. The maximum Gasteiger partial charge on any atom is 0.271 e. The van der Waals surface area contributed by atoms with Crippen LogP contribution in [-0.4, -0.2) is 26.3 Å². The number of hydrazone groups is 1. The van der Waals surface area contributed by atoms with Crippen LogP contribution >= 0.6 is 0 Å². The number of rotatable bonds is 8. The Morgan fingerprint density at radius 3 is 2.37 bits per heavy atom. The molecule has 0 unspecified atom stereocenters. The van der Waals surface area contributed by atoms with Crippen molar-refractivity contribution in [1.82, 2.24) is 5.43 Å². The smallest absolute Gasteiger partial charge is 0.271 e. The van der Waals surface area contributed by atoms with E-state index in [0.29, 0.717) is 33.9 Å². The summed E-state index contributed by atoms with van der Waals surface area (Å²) in [6.07, 6.45) is 1.46. The van der Waals surface area contributed by atoms with Gasteiger partial charge >= 0.3 is 0 Å². The van der Waals surface area contributed by atoms with E-state index in [1.807, 2.05) is 6.07 Å². The number of methoxy groups -OCH3 is 2. The van der Waals surface area contributed by atoms with Gasteiger partial charge in [-0.3, -0.25) is 4.79 Å². The first-order valence-corrected chi connectivity index (χ1v) is 9.12. The molecule has 0 aliphatic rings. The minimum Gasteiger partial charge on any atom is -0.497 e. The molecule has 0 aliphatic heterocycles. The molecule has 0 saturated carbocycles. The fourth-order valence-corrected chi connectivity index (χ4v) is 2.65. The van der Waals surface area contributed by atoms with Crippen LogP contribution in [0.4, 0.5) is 4.39 Å². The van der Waals surface area contributed by atoms with E-state index in [1.165, 1.54) is 26.5 Å². The van der Waals surface area contributed by atoms with Crippen molar-refractivity contribution in [2.75, 3.05) is 14.2 Å². The number of carbonyl (C=O) groups excluding carboxylic acids is 1. The zero-order valence-corrected chi connectivity index (χ0v) is 16.6. The highest BCUT2D eigenvalue weighted by molar-refractivity contribution is 5.96. The van der Waals surface area contributed by atoms with E-state index >= 15 is 0 Å². The number of halogens is 1. The van der Waals surface area contributed by atoms with Gasteiger partial charge in [-0.15, -0.1) is 0 Å². The lowest BCUT2D eigenvalue weighted by molar-refractivity contribution is 0.0954. The molecule has 0 saturated heterocycles. The molecule has 0 radical (unpaired) electrons. The van der Waals surface area contributed by atoms with Crippen LogP contribution < -0.4 is 19.6 Å². The predicted octanol–water partition coefficient (Wildman–Crippen LogP) is 4.19. The zero-order valence-electron chi connectivity index (χ0n) is 16.6. The maximum absolute atomic E-state index is 13.8. The zero-order chi connectivity index (χ0) is 21.3. The Hall–Kier alpha value is -3.87. The average Bonchev–Trinajstić information content (AvgIpc) is 2.78. The van der Waals surface area contributed by atoms with E-state index < -0.39 is 5.91 Å². The summed E-state index contributed by atoms with van der Waals surface area (Å²) in [4.78, 5) is 12.4. The Balaban J connectivity index is 1.68. The molecule has 3 rings (SSSR count). The van der Waals surface area contributed by atoms with Gasteiger partial charge in [-0.25, -0.2) is 9.82 Å². The Labute approximate surface area is 173 Å². The third-order valence-electron chi connectivity index (χ3n) is 4.24. The number of para-hydroxylation sites is 1. The number of benzene rings is 3. The summed E-state index contributed by atoms with van der Waals surface area (Å²) < 4.78 is 29.8. The Bertz CT molecular complexity index is 1030. The molecular formula is C23H21FN2O4. The first kappa shape index (κ1) is 20.9. The second kappa shape index (κ2) is 10.1. The van der Waals surface area contributed by atoms with Gasteiger partial charge in [0.15, 0.2) is 0 Å². The molecule has 0 fully saturated rings. The third kappa shape index (κ3) is 5.35. The minimum absolute atomic E-state index is 0.0769. The van der Waals surface area contributed by atoms with Crippen molar-refractivity contribution in [3.63, 3.8) is 0 Å². The molecule has 1 amide bonds. The lowest BCUT2D eigenvalue weighted by atomic mass is 10.2. The van der Waals surface area contributed by atoms with Gasteiger partial charge < -0.3 is 14.2 Å². The number of nitrogens with zero attached hydrogens (tertiary/aromatic N) is 1. The van der Waals surface area contributed by atoms with Crippen molar-refractivity contribution in [2.24, 2.45) is 5.10 Å². The van der Waals surface area contributed by atoms with E-state index in [-0.39, 0.29) is 12.4 Å². The van der Waals surface area contributed by atoms with Crippen LogP contribution in [0.15, 0.2) is 71.8 Å². The lowest BCUT2D eigenvalue weighted by Gasteiger charge is -2.10. The Kier molecular flexibility index (Phi) is 7.00. The van der Waals surface area contributed by atoms with Gasteiger partial charge in [0.05, 0.1) is 20.4 Å². The average molecular weight is 408 g/mol. The van der Waals surface area contributed by atoms with Gasteiger partial charge in [0.25, 0.3) is 5.91 Å². The summed E-state index contributed by atoms with van der Waals surface area (Å²) in [6, 6.07) is 18.4. The minimum atomic E-state index is -0.423. The Morgan fingerprint density at radius 2 is 1.67 bits per heavy atom. The number of ether oxygens (including phenoxy) is 3. The molecule has 0 bridgehead atoms. The van der Waals surface area contributed by atoms with Crippen LogP contribution in [0.25, 0.3) is 0 Å². The molecule has 3 aromatic carbocycles.